The number of piperidine rings is 1. The minimum atomic E-state index is -0.954. The number of thiol groups is 1. The van der Waals surface area contributed by atoms with Crippen LogP contribution in [0.3, 0.4) is 0 Å². The molecule has 10 heteroatoms. The zero-order chi connectivity index (χ0) is 22.9. The number of halogens is 1. The fourth-order valence-electron chi connectivity index (χ4n) is 4.01. The zero-order valence-electron chi connectivity index (χ0n) is 18.3. The van der Waals surface area contributed by atoms with E-state index in [1.807, 2.05) is 34.8 Å². The summed E-state index contributed by atoms with van der Waals surface area (Å²) >= 11 is 4.59. The van der Waals surface area contributed by atoms with Crippen molar-refractivity contribution in [2.45, 2.75) is 42.4 Å². The first kappa shape index (κ1) is 21.8. The largest absolute Gasteiger partial charge is 0.364 e. The van der Waals surface area contributed by atoms with Gasteiger partial charge in [-0.3, -0.25) is 9.48 Å². The molecular weight excluding hydrogens is 441 g/mol. The Balaban J connectivity index is 1.26. The third kappa shape index (κ3) is 4.70. The molecule has 0 spiro atoms. The molecule has 3 aromatic rings. The molecule has 2 fully saturated rings. The van der Waals surface area contributed by atoms with Gasteiger partial charge in [0.15, 0.2) is 0 Å². The van der Waals surface area contributed by atoms with Gasteiger partial charge in [-0.2, -0.15) is 10.2 Å². The van der Waals surface area contributed by atoms with Gasteiger partial charge in [0.05, 0.1) is 40.8 Å². The number of amides is 1. The predicted molar refractivity (Wildman–Crippen MR) is 127 cm³/mol. The molecule has 5 rings (SSSR count). The van der Waals surface area contributed by atoms with Gasteiger partial charge in [0, 0.05) is 19.3 Å². The van der Waals surface area contributed by atoms with Gasteiger partial charge >= 0.3 is 0 Å². The van der Waals surface area contributed by atoms with Crippen LogP contribution in [0.5, 0.6) is 0 Å². The molecule has 1 saturated carbocycles. The van der Waals surface area contributed by atoms with Gasteiger partial charge < -0.3 is 15.5 Å². The standard InChI is InChI=1S/C23H26FN7OS/c1-29-11-9-18(17(24)14-29)27-21-6-2-5-20-22(33)19(28-31(20)21)4-3-10-25-23(32)15-12-26-30(13-15)16-7-8-16/h2,5-6,12-13,16-18,27,33H,7-11,14H2,1H3,(H,25,32)/t17-,18+/m0/s1. The molecule has 2 atom stereocenters. The lowest BCUT2D eigenvalue weighted by Gasteiger charge is -2.33. The number of fused-ring (bicyclic) bond motifs is 1. The Bertz CT molecular complexity index is 1240. The van der Waals surface area contributed by atoms with Crippen molar-refractivity contribution in [1.29, 1.82) is 0 Å². The van der Waals surface area contributed by atoms with Gasteiger partial charge in [0.2, 0.25) is 0 Å². The van der Waals surface area contributed by atoms with Crippen LogP contribution in [0.25, 0.3) is 5.52 Å². The Hall–Kier alpha value is -3.03. The van der Waals surface area contributed by atoms with E-state index in [2.05, 4.69) is 45.3 Å². The van der Waals surface area contributed by atoms with E-state index >= 15 is 0 Å². The summed E-state index contributed by atoms with van der Waals surface area (Å²) in [5, 5.41) is 14.9. The maximum atomic E-state index is 14.5. The number of pyridine rings is 1. The zero-order valence-corrected chi connectivity index (χ0v) is 19.2. The lowest BCUT2D eigenvalue weighted by Crippen LogP contribution is -2.46. The van der Waals surface area contributed by atoms with Crippen molar-refractivity contribution in [1.82, 2.24) is 29.6 Å². The Kier molecular flexibility index (Phi) is 6.00. The molecule has 8 nitrogen and oxygen atoms in total. The second kappa shape index (κ2) is 9.08. The van der Waals surface area contributed by atoms with Crippen LogP contribution >= 0.6 is 12.6 Å². The molecule has 2 N–H and O–H groups in total. The maximum absolute atomic E-state index is 14.5. The summed E-state index contributed by atoms with van der Waals surface area (Å²) in [4.78, 5) is 14.9. The quantitative estimate of drug-likeness (QED) is 0.397. The number of hydrogen-bond acceptors (Lipinski definition) is 6. The Morgan fingerprint density at radius 2 is 2.18 bits per heavy atom. The van der Waals surface area contributed by atoms with E-state index in [9.17, 15) is 9.18 Å². The highest BCUT2D eigenvalue weighted by Gasteiger charge is 2.28. The molecule has 0 aromatic carbocycles. The van der Waals surface area contributed by atoms with E-state index in [1.54, 1.807) is 16.9 Å². The SMILES string of the molecule is CN1CC[C@@H](Nc2cccc3c(S)c(C#CCNC(=O)c4cnn(C5CC5)c4)nn23)[C@@H](F)C1. The topological polar surface area (TPSA) is 79.5 Å². The summed E-state index contributed by atoms with van der Waals surface area (Å²) in [6, 6.07) is 5.82. The molecule has 0 unspecified atom stereocenters. The average molecular weight is 468 g/mol. The van der Waals surface area contributed by atoms with Crippen molar-refractivity contribution < 1.29 is 9.18 Å². The van der Waals surface area contributed by atoms with Gasteiger partial charge in [0.1, 0.15) is 17.7 Å². The van der Waals surface area contributed by atoms with Crippen molar-refractivity contribution in [3.05, 3.63) is 41.9 Å². The van der Waals surface area contributed by atoms with Gasteiger partial charge in [-0.05, 0) is 44.4 Å². The molecule has 1 amide bonds. The Morgan fingerprint density at radius 3 is 2.97 bits per heavy atom. The number of nitrogens with zero attached hydrogens (tertiary/aromatic N) is 5. The second-order valence-electron chi connectivity index (χ2n) is 8.65. The summed E-state index contributed by atoms with van der Waals surface area (Å²) in [5.41, 5.74) is 1.82. The summed E-state index contributed by atoms with van der Waals surface area (Å²) in [7, 11) is 1.93. The van der Waals surface area contributed by atoms with Crippen LogP contribution in [-0.4, -0.2) is 69.1 Å². The van der Waals surface area contributed by atoms with Crippen LogP contribution in [0.1, 0.15) is 41.4 Å². The van der Waals surface area contributed by atoms with Crippen LogP contribution in [0, 0.1) is 11.8 Å². The number of nitrogens with one attached hydrogen (secondary N) is 2. The molecule has 1 aliphatic carbocycles. The van der Waals surface area contributed by atoms with Gasteiger partial charge in [-0.25, -0.2) is 8.91 Å². The molecule has 4 heterocycles. The molecule has 2 aliphatic rings. The summed E-state index contributed by atoms with van der Waals surface area (Å²) in [6.45, 7) is 1.43. The number of aromatic nitrogens is 4. The number of hydrogen-bond donors (Lipinski definition) is 3. The molecule has 1 saturated heterocycles. The number of likely N-dealkylation sites (tertiary alicyclic amines) is 1. The maximum Gasteiger partial charge on any atom is 0.255 e. The first-order valence-corrected chi connectivity index (χ1v) is 11.6. The van der Waals surface area contributed by atoms with Crippen LogP contribution in [0.15, 0.2) is 35.5 Å². The fraction of sp³-hybridized carbons (Fsp3) is 0.435. The predicted octanol–water partition coefficient (Wildman–Crippen LogP) is 2.39. The van der Waals surface area contributed by atoms with Gasteiger partial charge in [0.25, 0.3) is 5.91 Å². The average Bonchev–Trinajstić information content (AvgIpc) is 3.44. The summed E-state index contributed by atoms with van der Waals surface area (Å²) in [5.74, 6) is 6.42. The van der Waals surface area contributed by atoms with E-state index in [0.29, 0.717) is 34.6 Å². The Labute approximate surface area is 196 Å². The lowest BCUT2D eigenvalue weighted by molar-refractivity contribution is 0.0958. The highest BCUT2D eigenvalue weighted by atomic mass is 32.1. The van der Waals surface area contributed by atoms with E-state index in [4.69, 9.17) is 0 Å². The molecule has 1 aliphatic heterocycles. The first-order valence-electron chi connectivity index (χ1n) is 11.1. The third-order valence-corrected chi connectivity index (χ3v) is 6.48. The van der Waals surface area contributed by atoms with Crippen molar-refractivity contribution in [2.24, 2.45) is 0 Å². The van der Waals surface area contributed by atoms with Crippen molar-refractivity contribution in [3.63, 3.8) is 0 Å². The first-order chi connectivity index (χ1) is 16.0. The second-order valence-corrected chi connectivity index (χ2v) is 9.09. The monoisotopic (exact) mass is 467 g/mol. The summed E-state index contributed by atoms with van der Waals surface area (Å²) in [6.07, 6.45) is 5.34. The number of carbonyl (C=O) groups excluding carboxylic acids is 1. The highest BCUT2D eigenvalue weighted by Crippen LogP contribution is 2.34. The van der Waals surface area contributed by atoms with Crippen molar-refractivity contribution >= 4 is 29.9 Å². The van der Waals surface area contributed by atoms with Crippen molar-refractivity contribution in [2.75, 3.05) is 32.0 Å². The molecule has 33 heavy (non-hydrogen) atoms. The third-order valence-electron chi connectivity index (χ3n) is 6.04. The molecule has 0 radical (unpaired) electrons. The minimum Gasteiger partial charge on any atom is -0.364 e. The van der Waals surface area contributed by atoms with Gasteiger partial charge in [-0.1, -0.05) is 12.0 Å². The highest BCUT2D eigenvalue weighted by molar-refractivity contribution is 7.80. The van der Waals surface area contributed by atoms with Crippen LogP contribution in [-0.2, 0) is 0 Å². The van der Waals surface area contributed by atoms with Gasteiger partial charge in [-0.15, -0.1) is 12.6 Å². The summed E-state index contributed by atoms with van der Waals surface area (Å²) < 4.78 is 18.0. The van der Waals surface area contributed by atoms with E-state index in [1.165, 1.54) is 0 Å². The van der Waals surface area contributed by atoms with E-state index < -0.39 is 6.17 Å². The van der Waals surface area contributed by atoms with Crippen LogP contribution in [0.2, 0.25) is 0 Å². The molecule has 172 valence electrons. The van der Waals surface area contributed by atoms with Crippen molar-refractivity contribution in [3.8, 4) is 11.8 Å². The molecule has 0 bridgehead atoms. The van der Waals surface area contributed by atoms with Crippen LogP contribution in [0.4, 0.5) is 10.2 Å². The number of rotatable bonds is 5. The Morgan fingerprint density at radius 1 is 1.33 bits per heavy atom. The lowest BCUT2D eigenvalue weighted by atomic mass is 10.0. The molecule has 3 aromatic heterocycles. The van der Waals surface area contributed by atoms with E-state index in [-0.39, 0.29) is 18.5 Å². The minimum absolute atomic E-state index is 0.179. The van der Waals surface area contributed by atoms with E-state index in [0.717, 1.165) is 31.3 Å². The number of carbonyl (C=O) groups is 1. The number of alkyl halides is 1. The fourth-order valence-corrected chi connectivity index (χ4v) is 4.28. The molecular formula is C23H26FN7OS. The normalized spacial score (nSPS) is 20.9. The van der Waals surface area contributed by atoms with Crippen LogP contribution < -0.4 is 10.6 Å². The number of anilines is 1. The smallest absolute Gasteiger partial charge is 0.255 e.